The molecular formula is C15H22N2O3S. The molecule has 0 bridgehead atoms. The molecule has 1 unspecified atom stereocenters. The van der Waals surface area contributed by atoms with Gasteiger partial charge in [0, 0.05) is 25.7 Å². The molecule has 0 saturated carbocycles. The van der Waals surface area contributed by atoms with Crippen molar-refractivity contribution < 1.29 is 13.2 Å². The van der Waals surface area contributed by atoms with Gasteiger partial charge in [0.05, 0.1) is 12.9 Å². The summed E-state index contributed by atoms with van der Waals surface area (Å²) in [5.41, 5.74) is 0.781. The van der Waals surface area contributed by atoms with E-state index in [1.54, 1.807) is 17.5 Å². The highest BCUT2D eigenvalue weighted by atomic mass is 32.2. The maximum atomic E-state index is 12.6. The molecule has 116 valence electrons. The predicted molar refractivity (Wildman–Crippen MR) is 81.8 cm³/mol. The van der Waals surface area contributed by atoms with Gasteiger partial charge < -0.3 is 4.74 Å². The number of hydrogen-bond donors (Lipinski definition) is 0. The molecule has 6 heteroatoms. The molecule has 0 spiro atoms. The van der Waals surface area contributed by atoms with E-state index in [0.717, 1.165) is 25.1 Å². The third kappa shape index (κ3) is 3.22. The van der Waals surface area contributed by atoms with E-state index in [-0.39, 0.29) is 5.75 Å². The van der Waals surface area contributed by atoms with Crippen LogP contribution in [0.5, 0.6) is 5.75 Å². The van der Waals surface area contributed by atoms with Gasteiger partial charge in [0.2, 0.25) is 10.0 Å². The third-order valence-electron chi connectivity index (χ3n) is 4.43. The summed E-state index contributed by atoms with van der Waals surface area (Å²) in [5, 5.41) is 0. The van der Waals surface area contributed by atoms with Gasteiger partial charge in [-0.2, -0.15) is 4.31 Å². The monoisotopic (exact) mass is 310 g/mol. The standard InChI is InChI=1S/C15H22N2O3S/c1-20-15-6-2-4-13(10-15)12-21(18,19)17-9-8-16-7-3-5-14(16)11-17/h2,4,6,10,14H,3,5,7-9,11-12H2,1H3. The summed E-state index contributed by atoms with van der Waals surface area (Å²) in [7, 11) is -1.66. The van der Waals surface area contributed by atoms with Gasteiger partial charge in [-0.05, 0) is 37.1 Å². The Bertz CT molecular complexity index is 603. The van der Waals surface area contributed by atoms with Crippen molar-refractivity contribution in [3.63, 3.8) is 0 Å². The summed E-state index contributed by atoms with van der Waals surface area (Å²) < 4.78 is 32.0. The van der Waals surface area contributed by atoms with Crippen molar-refractivity contribution in [2.24, 2.45) is 0 Å². The SMILES string of the molecule is COc1cccc(CS(=O)(=O)N2CCN3CCCC3C2)c1. The zero-order valence-electron chi connectivity index (χ0n) is 12.4. The molecule has 0 aliphatic carbocycles. The average Bonchev–Trinajstić information content (AvgIpc) is 2.94. The number of benzene rings is 1. The van der Waals surface area contributed by atoms with Gasteiger partial charge in [-0.1, -0.05) is 12.1 Å². The summed E-state index contributed by atoms with van der Waals surface area (Å²) in [4.78, 5) is 2.41. The van der Waals surface area contributed by atoms with E-state index in [4.69, 9.17) is 4.74 Å². The van der Waals surface area contributed by atoms with Gasteiger partial charge in [0.15, 0.2) is 0 Å². The maximum Gasteiger partial charge on any atom is 0.218 e. The van der Waals surface area contributed by atoms with Crippen LogP contribution in [0, 0.1) is 0 Å². The number of fused-ring (bicyclic) bond motifs is 1. The molecule has 3 rings (SSSR count). The number of nitrogens with zero attached hydrogens (tertiary/aromatic N) is 2. The van der Waals surface area contributed by atoms with Crippen LogP contribution in [-0.2, 0) is 15.8 Å². The summed E-state index contributed by atoms with van der Waals surface area (Å²) in [6.07, 6.45) is 2.31. The van der Waals surface area contributed by atoms with Crippen LogP contribution in [-0.4, -0.2) is 57.0 Å². The number of piperazine rings is 1. The van der Waals surface area contributed by atoms with Crippen LogP contribution < -0.4 is 4.74 Å². The fourth-order valence-corrected chi connectivity index (χ4v) is 4.82. The largest absolute Gasteiger partial charge is 0.497 e. The minimum absolute atomic E-state index is 0.0525. The highest BCUT2D eigenvalue weighted by Crippen LogP contribution is 2.24. The highest BCUT2D eigenvalue weighted by Gasteiger charge is 2.35. The Morgan fingerprint density at radius 3 is 2.95 bits per heavy atom. The molecule has 2 aliphatic rings. The van der Waals surface area contributed by atoms with E-state index in [1.165, 1.54) is 6.42 Å². The topological polar surface area (TPSA) is 49.9 Å². The van der Waals surface area contributed by atoms with Gasteiger partial charge >= 0.3 is 0 Å². The molecule has 0 amide bonds. The van der Waals surface area contributed by atoms with Gasteiger partial charge in [0.1, 0.15) is 5.75 Å². The number of ether oxygens (including phenoxy) is 1. The highest BCUT2D eigenvalue weighted by molar-refractivity contribution is 7.88. The van der Waals surface area contributed by atoms with Gasteiger partial charge in [-0.3, -0.25) is 4.90 Å². The summed E-state index contributed by atoms with van der Waals surface area (Å²) in [6.45, 7) is 3.24. The lowest BCUT2D eigenvalue weighted by Gasteiger charge is -2.36. The number of sulfonamides is 1. The second-order valence-electron chi connectivity index (χ2n) is 5.80. The molecule has 21 heavy (non-hydrogen) atoms. The Labute approximate surface area is 126 Å². The van der Waals surface area contributed by atoms with E-state index < -0.39 is 10.0 Å². The van der Waals surface area contributed by atoms with E-state index >= 15 is 0 Å². The van der Waals surface area contributed by atoms with Crippen LogP contribution in [0.15, 0.2) is 24.3 Å². The molecular weight excluding hydrogens is 288 g/mol. The van der Waals surface area contributed by atoms with Crippen molar-refractivity contribution in [2.75, 3.05) is 33.3 Å². The summed E-state index contributed by atoms with van der Waals surface area (Å²) in [5.74, 6) is 0.750. The first-order valence-electron chi connectivity index (χ1n) is 7.43. The van der Waals surface area contributed by atoms with Crippen LogP contribution in [0.25, 0.3) is 0 Å². The van der Waals surface area contributed by atoms with Crippen molar-refractivity contribution >= 4 is 10.0 Å². The van der Waals surface area contributed by atoms with Crippen molar-refractivity contribution in [3.05, 3.63) is 29.8 Å². The molecule has 1 atom stereocenters. The Balaban J connectivity index is 1.71. The Kier molecular flexibility index (Phi) is 4.19. The Morgan fingerprint density at radius 1 is 1.29 bits per heavy atom. The molecule has 1 aromatic carbocycles. The van der Waals surface area contributed by atoms with Crippen LogP contribution >= 0.6 is 0 Å². The molecule has 2 fully saturated rings. The fourth-order valence-electron chi connectivity index (χ4n) is 3.28. The minimum Gasteiger partial charge on any atom is -0.497 e. The molecule has 2 saturated heterocycles. The van der Waals surface area contributed by atoms with E-state index in [1.807, 2.05) is 18.2 Å². The van der Waals surface area contributed by atoms with E-state index in [0.29, 0.717) is 24.9 Å². The van der Waals surface area contributed by atoms with Gasteiger partial charge in [-0.15, -0.1) is 0 Å². The van der Waals surface area contributed by atoms with Crippen LogP contribution in [0.3, 0.4) is 0 Å². The maximum absolute atomic E-state index is 12.6. The van der Waals surface area contributed by atoms with Crippen molar-refractivity contribution in [1.82, 2.24) is 9.21 Å². The summed E-state index contributed by atoms with van der Waals surface area (Å²) >= 11 is 0. The van der Waals surface area contributed by atoms with Gasteiger partial charge in [0.25, 0.3) is 0 Å². The first-order chi connectivity index (χ1) is 10.1. The normalized spacial score (nSPS) is 24.0. The van der Waals surface area contributed by atoms with Gasteiger partial charge in [-0.25, -0.2) is 8.42 Å². The van der Waals surface area contributed by atoms with E-state index in [2.05, 4.69) is 4.90 Å². The van der Waals surface area contributed by atoms with E-state index in [9.17, 15) is 8.42 Å². The van der Waals surface area contributed by atoms with Crippen molar-refractivity contribution in [2.45, 2.75) is 24.6 Å². The Morgan fingerprint density at radius 2 is 2.14 bits per heavy atom. The van der Waals surface area contributed by atoms with Crippen molar-refractivity contribution in [3.8, 4) is 5.75 Å². The molecule has 5 nitrogen and oxygen atoms in total. The quantitative estimate of drug-likeness (QED) is 0.841. The van der Waals surface area contributed by atoms with Crippen LogP contribution in [0.1, 0.15) is 18.4 Å². The first kappa shape index (κ1) is 14.8. The van der Waals surface area contributed by atoms with Crippen molar-refractivity contribution in [1.29, 1.82) is 0 Å². The zero-order valence-corrected chi connectivity index (χ0v) is 13.2. The smallest absolute Gasteiger partial charge is 0.218 e. The Hall–Kier alpha value is -1.11. The minimum atomic E-state index is -3.25. The van der Waals surface area contributed by atoms with Crippen LogP contribution in [0.4, 0.5) is 0 Å². The lowest BCUT2D eigenvalue weighted by atomic mass is 10.2. The molecule has 1 aromatic rings. The molecule has 2 heterocycles. The summed E-state index contributed by atoms with van der Waals surface area (Å²) in [6, 6.07) is 7.71. The number of hydrogen-bond acceptors (Lipinski definition) is 4. The van der Waals surface area contributed by atoms with Crippen LogP contribution in [0.2, 0.25) is 0 Å². The molecule has 2 aliphatic heterocycles. The number of methoxy groups -OCH3 is 1. The molecule has 0 aromatic heterocycles. The average molecular weight is 310 g/mol. The second kappa shape index (κ2) is 5.94. The zero-order chi connectivity index (χ0) is 14.9. The second-order valence-corrected chi connectivity index (χ2v) is 7.77. The fraction of sp³-hybridized carbons (Fsp3) is 0.600. The molecule has 0 N–H and O–H groups in total. The lowest BCUT2D eigenvalue weighted by molar-refractivity contribution is 0.158. The first-order valence-corrected chi connectivity index (χ1v) is 9.04. The third-order valence-corrected chi connectivity index (χ3v) is 6.24. The number of rotatable bonds is 4. The predicted octanol–water partition coefficient (Wildman–Crippen LogP) is 1.30. The molecule has 0 radical (unpaired) electrons. The lowest BCUT2D eigenvalue weighted by Crippen LogP contribution is -2.52.